The fraction of sp³-hybridized carbons (Fsp3) is 1.00. The van der Waals surface area contributed by atoms with Gasteiger partial charge in [0.15, 0.2) is 0 Å². The molecule has 0 bridgehead atoms. The van der Waals surface area contributed by atoms with E-state index in [1.807, 2.05) is 0 Å². The molecule has 0 spiro atoms. The lowest BCUT2D eigenvalue weighted by atomic mass is 9.84. The molecular formula is C16H32N2. The molecule has 1 aliphatic carbocycles. The maximum absolute atomic E-state index is 6.22. The second-order valence-corrected chi connectivity index (χ2v) is 6.80. The van der Waals surface area contributed by atoms with Crippen molar-refractivity contribution in [1.82, 2.24) is 4.90 Å². The summed E-state index contributed by atoms with van der Waals surface area (Å²) >= 11 is 0. The lowest BCUT2D eigenvalue weighted by Crippen LogP contribution is -2.56. The summed E-state index contributed by atoms with van der Waals surface area (Å²) in [7, 11) is 0. The van der Waals surface area contributed by atoms with Crippen molar-refractivity contribution in [3.8, 4) is 0 Å². The molecular weight excluding hydrogens is 220 g/mol. The molecule has 2 atom stereocenters. The first-order valence-electron chi connectivity index (χ1n) is 8.15. The Balaban J connectivity index is 2.00. The van der Waals surface area contributed by atoms with Gasteiger partial charge >= 0.3 is 0 Å². The van der Waals surface area contributed by atoms with Crippen LogP contribution < -0.4 is 5.73 Å². The number of piperidine rings is 1. The SMILES string of the molecule is CCC1CCCC(CN)(N2CCC(C)CC2)CC1. The summed E-state index contributed by atoms with van der Waals surface area (Å²) in [5, 5.41) is 0. The van der Waals surface area contributed by atoms with Crippen molar-refractivity contribution < 1.29 is 0 Å². The smallest absolute Gasteiger partial charge is 0.0331 e. The fourth-order valence-corrected chi connectivity index (χ4v) is 4.00. The van der Waals surface area contributed by atoms with Gasteiger partial charge in [0.05, 0.1) is 0 Å². The molecule has 106 valence electrons. The van der Waals surface area contributed by atoms with Gasteiger partial charge in [-0.15, -0.1) is 0 Å². The molecule has 0 radical (unpaired) electrons. The van der Waals surface area contributed by atoms with E-state index in [-0.39, 0.29) is 0 Å². The summed E-state index contributed by atoms with van der Waals surface area (Å²) in [4.78, 5) is 2.76. The Morgan fingerprint density at radius 1 is 1.11 bits per heavy atom. The van der Waals surface area contributed by atoms with E-state index in [2.05, 4.69) is 18.7 Å². The molecule has 0 aromatic rings. The van der Waals surface area contributed by atoms with Crippen molar-refractivity contribution in [2.75, 3.05) is 19.6 Å². The molecule has 2 N–H and O–H groups in total. The Bertz CT molecular complexity index is 245. The molecule has 18 heavy (non-hydrogen) atoms. The van der Waals surface area contributed by atoms with Gasteiger partial charge in [0.1, 0.15) is 0 Å². The highest BCUT2D eigenvalue weighted by Crippen LogP contribution is 2.37. The van der Waals surface area contributed by atoms with E-state index in [1.54, 1.807) is 0 Å². The maximum atomic E-state index is 6.22. The molecule has 1 saturated heterocycles. The van der Waals surface area contributed by atoms with Crippen molar-refractivity contribution in [3.63, 3.8) is 0 Å². The largest absolute Gasteiger partial charge is 0.329 e. The quantitative estimate of drug-likeness (QED) is 0.780. The highest BCUT2D eigenvalue weighted by Gasteiger charge is 2.38. The van der Waals surface area contributed by atoms with Crippen LogP contribution in [0.25, 0.3) is 0 Å². The van der Waals surface area contributed by atoms with E-state index in [9.17, 15) is 0 Å². The summed E-state index contributed by atoms with van der Waals surface area (Å²) in [6, 6.07) is 0. The van der Waals surface area contributed by atoms with Gasteiger partial charge in [-0.2, -0.15) is 0 Å². The monoisotopic (exact) mass is 252 g/mol. The molecule has 1 saturated carbocycles. The van der Waals surface area contributed by atoms with Crippen LogP contribution in [0.4, 0.5) is 0 Å². The van der Waals surface area contributed by atoms with E-state index in [4.69, 9.17) is 5.73 Å². The van der Waals surface area contributed by atoms with Gasteiger partial charge in [-0.3, -0.25) is 4.90 Å². The molecule has 1 aliphatic heterocycles. The lowest BCUT2D eigenvalue weighted by Gasteiger charge is -2.46. The van der Waals surface area contributed by atoms with E-state index in [1.165, 1.54) is 64.5 Å². The molecule has 0 amide bonds. The molecule has 2 unspecified atom stereocenters. The van der Waals surface area contributed by atoms with E-state index >= 15 is 0 Å². The zero-order valence-corrected chi connectivity index (χ0v) is 12.5. The van der Waals surface area contributed by atoms with Gasteiger partial charge in [-0.1, -0.05) is 33.1 Å². The van der Waals surface area contributed by atoms with Crippen LogP contribution in [0.1, 0.15) is 65.2 Å². The van der Waals surface area contributed by atoms with Gasteiger partial charge in [-0.25, -0.2) is 0 Å². The average Bonchev–Trinajstić information content (AvgIpc) is 2.62. The zero-order valence-electron chi connectivity index (χ0n) is 12.5. The van der Waals surface area contributed by atoms with Crippen LogP contribution in [-0.4, -0.2) is 30.1 Å². The first kappa shape index (κ1) is 14.3. The highest BCUT2D eigenvalue weighted by atomic mass is 15.2. The third-order valence-corrected chi connectivity index (χ3v) is 5.68. The number of hydrogen-bond donors (Lipinski definition) is 1. The highest BCUT2D eigenvalue weighted by molar-refractivity contribution is 4.95. The van der Waals surface area contributed by atoms with Crippen molar-refractivity contribution in [2.24, 2.45) is 17.6 Å². The third kappa shape index (κ3) is 3.08. The fourth-order valence-electron chi connectivity index (χ4n) is 4.00. The summed E-state index contributed by atoms with van der Waals surface area (Å²) in [6.07, 6.45) is 11.0. The molecule has 2 fully saturated rings. The first-order chi connectivity index (χ1) is 8.70. The number of nitrogens with zero attached hydrogens (tertiary/aromatic N) is 1. The molecule has 2 aliphatic rings. The molecule has 0 aromatic carbocycles. The number of nitrogens with two attached hydrogens (primary N) is 1. The van der Waals surface area contributed by atoms with Crippen LogP contribution in [0.2, 0.25) is 0 Å². The molecule has 2 nitrogen and oxygen atoms in total. The normalized spacial score (nSPS) is 36.5. The van der Waals surface area contributed by atoms with Crippen molar-refractivity contribution in [1.29, 1.82) is 0 Å². The minimum atomic E-state index is 0.351. The number of rotatable bonds is 3. The van der Waals surface area contributed by atoms with Crippen molar-refractivity contribution in [2.45, 2.75) is 70.8 Å². The Kier molecular flexibility index (Phi) is 5.08. The van der Waals surface area contributed by atoms with Crippen LogP contribution in [0.5, 0.6) is 0 Å². The van der Waals surface area contributed by atoms with E-state index < -0.39 is 0 Å². The molecule has 1 heterocycles. The van der Waals surface area contributed by atoms with Crippen LogP contribution in [0.15, 0.2) is 0 Å². The topological polar surface area (TPSA) is 29.3 Å². The molecule has 2 heteroatoms. The Hall–Kier alpha value is -0.0800. The zero-order chi connectivity index (χ0) is 13.0. The Morgan fingerprint density at radius 3 is 2.44 bits per heavy atom. The van der Waals surface area contributed by atoms with Crippen LogP contribution in [-0.2, 0) is 0 Å². The van der Waals surface area contributed by atoms with Gasteiger partial charge in [0, 0.05) is 12.1 Å². The third-order valence-electron chi connectivity index (χ3n) is 5.68. The predicted octanol–water partition coefficient (Wildman–Crippen LogP) is 3.41. The second kappa shape index (κ2) is 6.38. The summed E-state index contributed by atoms with van der Waals surface area (Å²) in [6.45, 7) is 8.19. The van der Waals surface area contributed by atoms with Crippen LogP contribution >= 0.6 is 0 Å². The van der Waals surface area contributed by atoms with Crippen molar-refractivity contribution >= 4 is 0 Å². The minimum Gasteiger partial charge on any atom is -0.329 e. The average molecular weight is 252 g/mol. The standard InChI is InChI=1S/C16H32N2/c1-3-15-5-4-9-16(13-17,10-6-15)18-11-7-14(2)8-12-18/h14-15H,3-13,17H2,1-2H3. The van der Waals surface area contributed by atoms with Crippen LogP contribution in [0.3, 0.4) is 0 Å². The van der Waals surface area contributed by atoms with Gasteiger partial charge in [0.25, 0.3) is 0 Å². The van der Waals surface area contributed by atoms with Crippen LogP contribution in [0, 0.1) is 11.8 Å². The Morgan fingerprint density at radius 2 is 1.83 bits per heavy atom. The van der Waals surface area contributed by atoms with Gasteiger partial charge in [-0.05, 0) is 57.0 Å². The first-order valence-corrected chi connectivity index (χ1v) is 8.15. The summed E-state index contributed by atoms with van der Waals surface area (Å²) in [5.74, 6) is 1.88. The summed E-state index contributed by atoms with van der Waals surface area (Å²) in [5.41, 5.74) is 6.57. The van der Waals surface area contributed by atoms with E-state index in [0.29, 0.717) is 5.54 Å². The number of hydrogen-bond acceptors (Lipinski definition) is 2. The lowest BCUT2D eigenvalue weighted by molar-refractivity contribution is 0.0446. The Labute approximate surface area is 113 Å². The summed E-state index contributed by atoms with van der Waals surface area (Å²) < 4.78 is 0. The van der Waals surface area contributed by atoms with E-state index in [0.717, 1.165) is 18.4 Å². The van der Waals surface area contributed by atoms with Gasteiger partial charge < -0.3 is 5.73 Å². The second-order valence-electron chi connectivity index (χ2n) is 6.80. The van der Waals surface area contributed by atoms with Crippen molar-refractivity contribution in [3.05, 3.63) is 0 Å². The van der Waals surface area contributed by atoms with Gasteiger partial charge in [0.2, 0.25) is 0 Å². The molecule has 0 aromatic heterocycles. The minimum absolute atomic E-state index is 0.351. The maximum Gasteiger partial charge on any atom is 0.0331 e. The number of likely N-dealkylation sites (tertiary alicyclic amines) is 1. The molecule has 2 rings (SSSR count). The predicted molar refractivity (Wildman–Crippen MR) is 78.6 cm³/mol.